The molecule has 0 amide bonds. The summed E-state index contributed by atoms with van der Waals surface area (Å²) in [5.41, 5.74) is 2.24. The lowest BCUT2D eigenvalue weighted by Crippen LogP contribution is -2.51. The monoisotopic (exact) mass is 325 g/mol. The molecule has 5 heteroatoms. The Kier molecular flexibility index (Phi) is 4.83. The highest BCUT2D eigenvalue weighted by molar-refractivity contribution is 5.08. The standard InChI is InChI=1S/C19H23N3O2/c1-2-9-21-16(5-1)13-22-10-11-23-19-17(22)6-7-18(19)24-14-15-4-3-8-20-12-15/h1-5,8-9,12,17-19H,6-7,10-11,13-14H2/t17-,18-,19+/m0/s1. The highest BCUT2D eigenvalue weighted by Crippen LogP contribution is 2.33. The van der Waals surface area contributed by atoms with Crippen LogP contribution in [0, 0.1) is 0 Å². The maximum atomic E-state index is 6.15. The molecule has 0 spiro atoms. The van der Waals surface area contributed by atoms with E-state index in [-0.39, 0.29) is 12.2 Å². The van der Waals surface area contributed by atoms with E-state index in [1.165, 1.54) is 0 Å². The first-order valence-corrected chi connectivity index (χ1v) is 8.66. The molecule has 126 valence electrons. The second-order valence-corrected chi connectivity index (χ2v) is 6.48. The Balaban J connectivity index is 1.37. The summed E-state index contributed by atoms with van der Waals surface area (Å²) in [6.45, 7) is 3.22. The number of morpholine rings is 1. The smallest absolute Gasteiger partial charge is 0.0992 e. The molecule has 1 aliphatic carbocycles. The summed E-state index contributed by atoms with van der Waals surface area (Å²) in [5.74, 6) is 0. The van der Waals surface area contributed by atoms with Crippen molar-refractivity contribution in [2.24, 2.45) is 0 Å². The van der Waals surface area contributed by atoms with Gasteiger partial charge in [0, 0.05) is 37.7 Å². The maximum absolute atomic E-state index is 6.15. The fourth-order valence-electron chi connectivity index (χ4n) is 3.75. The van der Waals surface area contributed by atoms with Crippen LogP contribution in [-0.2, 0) is 22.6 Å². The van der Waals surface area contributed by atoms with Crippen LogP contribution in [0.4, 0.5) is 0 Å². The van der Waals surface area contributed by atoms with Gasteiger partial charge in [0.15, 0.2) is 0 Å². The summed E-state index contributed by atoms with van der Waals surface area (Å²) in [4.78, 5) is 11.1. The van der Waals surface area contributed by atoms with Crippen LogP contribution in [0.25, 0.3) is 0 Å². The Bertz CT molecular complexity index is 638. The topological polar surface area (TPSA) is 47.5 Å². The van der Waals surface area contributed by atoms with Crippen molar-refractivity contribution in [1.29, 1.82) is 0 Å². The number of hydrogen-bond donors (Lipinski definition) is 0. The van der Waals surface area contributed by atoms with E-state index in [1.54, 1.807) is 6.20 Å². The van der Waals surface area contributed by atoms with E-state index < -0.39 is 0 Å². The molecule has 5 nitrogen and oxygen atoms in total. The van der Waals surface area contributed by atoms with E-state index in [1.807, 2.05) is 24.5 Å². The van der Waals surface area contributed by atoms with Crippen molar-refractivity contribution in [2.45, 2.75) is 44.2 Å². The minimum absolute atomic E-state index is 0.166. The van der Waals surface area contributed by atoms with Gasteiger partial charge in [-0.3, -0.25) is 14.9 Å². The summed E-state index contributed by atoms with van der Waals surface area (Å²) in [7, 11) is 0. The van der Waals surface area contributed by atoms with Crippen LogP contribution in [-0.4, -0.2) is 46.3 Å². The van der Waals surface area contributed by atoms with Gasteiger partial charge in [0.2, 0.25) is 0 Å². The predicted molar refractivity (Wildman–Crippen MR) is 90.2 cm³/mol. The fourth-order valence-corrected chi connectivity index (χ4v) is 3.75. The predicted octanol–water partition coefficient (Wildman–Crippen LogP) is 2.43. The average Bonchev–Trinajstić information content (AvgIpc) is 3.06. The van der Waals surface area contributed by atoms with Crippen molar-refractivity contribution in [3.8, 4) is 0 Å². The van der Waals surface area contributed by atoms with Crippen molar-refractivity contribution < 1.29 is 9.47 Å². The van der Waals surface area contributed by atoms with Gasteiger partial charge in [-0.05, 0) is 36.6 Å². The van der Waals surface area contributed by atoms with Gasteiger partial charge >= 0.3 is 0 Å². The molecule has 24 heavy (non-hydrogen) atoms. The molecule has 1 aliphatic heterocycles. The second kappa shape index (κ2) is 7.38. The molecular weight excluding hydrogens is 302 g/mol. The number of rotatable bonds is 5. The van der Waals surface area contributed by atoms with Crippen molar-refractivity contribution in [2.75, 3.05) is 13.2 Å². The Labute approximate surface area is 142 Å². The van der Waals surface area contributed by atoms with Gasteiger partial charge in [0.05, 0.1) is 31.1 Å². The fraction of sp³-hybridized carbons (Fsp3) is 0.474. The number of fused-ring (bicyclic) bond motifs is 1. The minimum Gasteiger partial charge on any atom is -0.373 e. The summed E-state index contributed by atoms with van der Waals surface area (Å²) in [5, 5.41) is 0. The van der Waals surface area contributed by atoms with Crippen LogP contribution in [0.5, 0.6) is 0 Å². The van der Waals surface area contributed by atoms with Crippen LogP contribution < -0.4 is 0 Å². The molecule has 0 aromatic carbocycles. The number of hydrogen-bond acceptors (Lipinski definition) is 5. The Morgan fingerprint density at radius 2 is 2.17 bits per heavy atom. The Morgan fingerprint density at radius 3 is 3.00 bits per heavy atom. The molecule has 1 saturated heterocycles. The summed E-state index contributed by atoms with van der Waals surface area (Å²) >= 11 is 0. The highest BCUT2D eigenvalue weighted by atomic mass is 16.5. The summed E-state index contributed by atoms with van der Waals surface area (Å²) < 4.78 is 12.2. The molecule has 1 saturated carbocycles. The molecule has 2 aromatic heterocycles. The zero-order valence-electron chi connectivity index (χ0n) is 13.8. The molecule has 0 bridgehead atoms. The molecule has 3 atom stereocenters. The van der Waals surface area contributed by atoms with Gasteiger partial charge in [-0.2, -0.15) is 0 Å². The van der Waals surface area contributed by atoms with Crippen LogP contribution in [0.3, 0.4) is 0 Å². The Hall–Kier alpha value is -1.82. The number of pyridine rings is 2. The molecule has 0 radical (unpaired) electrons. The minimum atomic E-state index is 0.166. The van der Waals surface area contributed by atoms with E-state index in [0.29, 0.717) is 12.6 Å². The number of nitrogens with zero attached hydrogens (tertiary/aromatic N) is 3. The number of aromatic nitrogens is 2. The number of ether oxygens (including phenoxy) is 2. The maximum Gasteiger partial charge on any atom is 0.0992 e. The van der Waals surface area contributed by atoms with Crippen LogP contribution >= 0.6 is 0 Å². The first-order chi connectivity index (χ1) is 11.9. The molecule has 0 unspecified atom stereocenters. The van der Waals surface area contributed by atoms with Gasteiger partial charge in [0.1, 0.15) is 0 Å². The molecule has 0 N–H and O–H groups in total. The largest absolute Gasteiger partial charge is 0.373 e. The van der Waals surface area contributed by atoms with E-state index in [2.05, 4.69) is 33.1 Å². The van der Waals surface area contributed by atoms with Crippen LogP contribution in [0.15, 0.2) is 48.9 Å². The lowest BCUT2D eigenvalue weighted by molar-refractivity contribution is -0.118. The molecule has 2 fully saturated rings. The third-order valence-electron chi connectivity index (χ3n) is 4.93. The Morgan fingerprint density at radius 1 is 1.17 bits per heavy atom. The highest BCUT2D eigenvalue weighted by Gasteiger charge is 2.43. The molecule has 3 heterocycles. The lowest BCUT2D eigenvalue weighted by Gasteiger charge is -2.38. The van der Waals surface area contributed by atoms with E-state index in [9.17, 15) is 0 Å². The zero-order valence-corrected chi connectivity index (χ0v) is 13.8. The van der Waals surface area contributed by atoms with Gasteiger partial charge in [-0.1, -0.05) is 12.1 Å². The summed E-state index contributed by atoms with van der Waals surface area (Å²) in [6, 6.07) is 10.5. The quantitative estimate of drug-likeness (QED) is 0.845. The zero-order chi connectivity index (χ0) is 16.2. The van der Waals surface area contributed by atoms with Crippen molar-refractivity contribution in [3.05, 3.63) is 60.2 Å². The normalized spacial score (nSPS) is 27.1. The van der Waals surface area contributed by atoms with Crippen LogP contribution in [0.1, 0.15) is 24.1 Å². The first kappa shape index (κ1) is 15.7. The first-order valence-electron chi connectivity index (χ1n) is 8.66. The molecule has 2 aromatic rings. The summed E-state index contributed by atoms with van der Waals surface area (Å²) in [6.07, 6.45) is 8.02. The van der Waals surface area contributed by atoms with Gasteiger partial charge in [-0.25, -0.2) is 0 Å². The SMILES string of the molecule is c1ccc(CN2CCO[C@H]3[C@@H](OCc4cccnc4)CC[C@@H]32)nc1. The second-order valence-electron chi connectivity index (χ2n) is 6.48. The van der Waals surface area contributed by atoms with Crippen LogP contribution in [0.2, 0.25) is 0 Å². The molecule has 2 aliphatic rings. The van der Waals surface area contributed by atoms with Gasteiger partial charge in [0.25, 0.3) is 0 Å². The average molecular weight is 325 g/mol. The van der Waals surface area contributed by atoms with E-state index in [0.717, 1.165) is 43.8 Å². The molecule has 4 rings (SSSR count). The van der Waals surface area contributed by atoms with E-state index in [4.69, 9.17) is 9.47 Å². The molecular formula is C19H23N3O2. The van der Waals surface area contributed by atoms with Crippen molar-refractivity contribution in [1.82, 2.24) is 14.9 Å². The van der Waals surface area contributed by atoms with Gasteiger partial charge in [-0.15, -0.1) is 0 Å². The lowest BCUT2D eigenvalue weighted by atomic mass is 10.1. The third-order valence-corrected chi connectivity index (χ3v) is 4.93. The van der Waals surface area contributed by atoms with E-state index >= 15 is 0 Å². The van der Waals surface area contributed by atoms with Gasteiger partial charge < -0.3 is 9.47 Å². The van der Waals surface area contributed by atoms with Crippen molar-refractivity contribution in [3.63, 3.8) is 0 Å². The van der Waals surface area contributed by atoms with Crippen molar-refractivity contribution >= 4 is 0 Å². The third kappa shape index (κ3) is 3.48.